The molecule has 1 aromatic carbocycles. The van der Waals surface area contributed by atoms with Crippen molar-refractivity contribution in [2.24, 2.45) is 5.92 Å². The summed E-state index contributed by atoms with van der Waals surface area (Å²) in [5, 5.41) is 3.35. The van der Waals surface area contributed by atoms with E-state index in [1.807, 2.05) is 32.0 Å². The van der Waals surface area contributed by atoms with E-state index in [1.165, 1.54) is 10.7 Å². The molecule has 5 nitrogen and oxygen atoms in total. The molecule has 26 heavy (non-hydrogen) atoms. The zero-order valence-electron chi connectivity index (χ0n) is 15.7. The lowest BCUT2D eigenvalue weighted by atomic mass is 10.2. The monoisotopic (exact) mass is 376 g/mol. The molecule has 1 saturated carbocycles. The fourth-order valence-electron chi connectivity index (χ4n) is 3.23. The second kappa shape index (κ2) is 7.94. The molecule has 1 N–H and O–H groups in total. The average Bonchev–Trinajstić information content (AvgIpc) is 3.17. The van der Waals surface area contributed by atoms with Crippen molar-refractivity contribution in [1.29, 1.82) is 0 Å². The molecular weight excluding hydrogens is 348 g/mol. The van der Waals surface area contributed by atoms with Crippen molar-refractivity contribution in [2.45, 2.75) is 51.1 Å². The van der Waals surface area contributed by atoms with Crippen molar-refractivity contribution in [3.8, 4) is 0 Å². The number of nitrogens with one attached hydrogen (secondary N) is 1. The third kappa shape index (κ3) is 4.19. The van der Waals surface area contributed by atoms with Gasteiger partial charge in [0.15, 0.2) is 0 Å². The van der Waals surface area contributed by atoms with Crippen LogP contribution >= 0.6 is 0 Å². The summed E-state index contributed by atoms with van der Waals surface area (Å²) < 4.78 is 32.3. The first-order chi connectivity index (χ1) is 12.5. The molecule has 2 atom stereocenters. The second-order valence-electron chi connectivity index (χ2n) is 6.96. The third-order valence-corrected chi connectivity index (χ3v) is 7.12. The first kappa shape index (κ1) is 19.1. The van der Waals surface area contributed by atoms with E-state index in [4.69, 9.17) is 4.42 Å². The average molecular weight is 377 g/mol. The van der Waals surface area contributed by atoms with Gasteiger partial charge in [-0.1, -0.05) is 32.9 Å². The predicted molar refractivity (Wildman–Crippen MR) is 102 cm³/mol. The lowest BCUT2D eigenvalue weighted by Crippen LogP contribution is -2.30. The summed E-state index contributed by atoms with van der Waals surface area (Å²) in [6, 6.07) is 11.2. The Kier molecular flexibility index (Phi) is 5.85. The first-order valence-corrected chi connectivity index (χ1v) is 10.8. The minimum absolute atomic E-state index is 0.346. The summed E-state index contributed by atoms with van der Waals surface area (Å²) in [5.74, 6) is 3.39. The summed E-state index contributed by atoms with van der Waals surface area (Å²) in [6.45, 7) is 8.24. The van der Waals surface area contributed by atoms with Crippen LogP contribution < -0.4 is 5.32 Å². The van der Waals surface area contributed by atoms with Crippen LogP contribution in [-0.4, -0.2) is 25.8 Å². The molecule has 1 aliphatic carbocycles. The van der Waals surface area contributed by atoms with Crippen molar-refractivity contribution < 1.29 is 12.8 Å². The van der Waals surface area contributed by atoms with Gasteiger partial charge >= 0.3 is 0 Å². The number of rotatable bonds is 9. The van der Waals surface area contributed by atoms with Gasteiger partial charge in [0, 0.05) is 25.6 Å². The summed E-state index contributed by atoms with van der Waals surface area (Å²) in [5.41, 5.74) is 1.05. The number of hydrogen-bond acceptors (Lipinski definition) is 4. The molecule has 2 unspecified atom stereocenters. The molecule has 2 aromatic rings. The van der Waals surface area contributed by atoms with Crippen LogP contribution in [0.1, 0.15) is 50.2 Å². The number of benzene rings is 1. The fraction of sp³-hybridized carbons (Fsp3) is 0.500. The van der Waals surface area contributed by atoms with Crippen LogP contribution in [0.4, 0.5) is 0 Å². The van der Waals surface area contributed by atoms with Crippen molar-refractivity contribution in [3.63, 3.8) is 0 Å². The Morgan fingerprint density at radius 3 is 2.31 bits per heavy atom. The highest BCUT2D eigenvalue weighted by molar-refractivity contribution is 7.89. The van der Waals surface area contributed by atoms with Gasteiger partial charge in [-0.3, -0.25) is 0 Å². The fourth-order valence-corrected chi connectivity index (χ4v) is 4.69. The van der Waals surface area contributed by atoms with E-state index < -0.39 is 10.0 Å². The Morgan fingerprint density at radius 2 is 1.73 bits per heavy atom. The molecule has 6 heteroatoms. The zero-order chi connectivity index (χ0) is 18.7. The highest BCUT2D eigenvalue weighted by Crippen LogP contribution is 2.47. The van der Waals surface area contributed by atoms with E-state index in [-0.39, 0.29) is 0 Å². The smallest absolute Gasteiger partial charge is 0.243 e. The van der Waals surface area contributed by atoms with E-state index in [0.717, 1.165) is 23.0 Å². The Labute approximate surface area is 156 Å². The largest absolute Gasteiger partial charge is 0.464 e. The number of furan rings is 1. The normalized spacial score (nSPS) is 19.8. The minimum atomic E-state index is -3.39. The Balaban J connectivity index is 1.54. The molecule has 0 aliphatic heterocycles. The van der Waals surface area contributed by atoms with E-state index in [2.05, 4.69) is 18.3 Å². The van der Waals surface area contributed by atoms with Gasteiger partial charge in [-0.05, 0) is 42.2 Å². The Hall–Kier alpha value is -1.63. The zero-order valence-corrected chi connectivity index (χ0v) is 16.6. The third-order valence-electron chi connectivity index (χ3n) is 5.05. The van der Waals surface area contributed by atoms with Crippen LogP contribution in [0.5, 0.6) is 0 Å². The molecule has 3 rings (SSSR count). The van der Waals surface area contributed by atoms with Crippen LogP contribution in [-0.2, 0) is 23.1 Å². The van der Waals surface area contributed by atoms with Gasteiger partial charge in [-0.15, -0.1) is 0 Å². The van der Waals surface area contributed by atoms with Gasteiger partial charge in [-0.25, -0.2) is 8.42 Å². The maximum absolute atomic E-state index is 12.5. The number of sulfonamides is 1. The van der Waals surface area contributed by atoms with Gasteiger partial charge in [0.2, 0.25) is 10.0 Å². The molecule has 1 aromatic heterocycles. The highest BCUT2D eigenvalue weighted by Gasteiger charge is 2.36. The first-order valence-electron chi connectivity index (χ1n) is 9.34. The van der Waals surface area contributed by atoms with Crippen LogP contribution in [0, 0.1) is 5.92 Å². The molecule has 0 spiro atoms. The van der Waals surface area contributed by atoms with Gasteiger partial charge in [0.05, 0.1) is 11.4 Å². The summed E-state index contributed by atoms with van der Waals surface area (Å²) in [6.07, 6.45) is 1.23. The summed E-state index contributed by atoms with van der Waals surface area (Å²) in [7, 11) is -3.39. The van der Waals surface area contributed by atoms with Crippen LogP contribution in [0.3, 0.4) is 0 Å². The Bertz CT molecular complexity index is 823. The van der Waals surface area contributed by atoms with E-state index in [9.17, 15) is 8.42 Å². The quantitative estimate of drug-likeness (QED) is 0.724. The molecule has 1 heterocycles. The standard InChI is InChI=1S/C20H28N2O3S/c1-4-22(5-2)26(23,24)18-9-6-16(7-10-18)13-21-14-17-8-11-20(25-17)19-12-15(19)3/h6-11,15,19,21H,4-5,12-14H2,1-3H3. The molecule has 0 radical (unpaired) electrons. The van der Waals surface area contributed by atoms with Crippen molar-refractivity contribution in [3.05, 3.63) is 53.5 Å². The van der Waals surface area contributed by atoms with Crippen LogP contribution in [0.2, 0.25) is 0 Å². The van der Waals surface area contributed by atoms with Gasteiger partial charge in [0.1, 0.15) is 11.5 Å². The maximum Gasteiger partial charge on any atom is 0.243 e. The number of hydrogen-bond donors (Lipinski definition) is 1. The molecule has 0 bridgehead atoms. The summed E-state index contributed by atoms with van der Waals surface area (Å²) >= 11 is 0. The molecule has 1 fully saturated rings. The predicted octanol–water partition coefficient (Wildman–Crippen LogP) is 3.72. The highest BCUT2D eigenvalue weighted by atomic mass is 32.2. The topological polar surface area (TPSA) is 62.6 Å². The number of nitrogens with zero attached hydrogens (tertiary/aromatic N) is 1. The molecule has 0 saturated heterocycles. The molecular formula is C20H28N2O3S. The van der Waals surface area contributed by atoms with E-state index >= 15 is 0 Å². The maximum atomic E-state index is 12.5. The Morgan fingerprint density at radius 1 is 1.08 bits per heavy atom. The van der Waals surface area contributed by atoms with Crippen molar-refractivity contribution >= 4 is 10.0 Å². The van der Waals surface area contributed by atoms with Crippen molar-refractivity contribution in [2.75, 3.05) is 13.1 Å². The molecule has 142 valence electrons. The van der Waals surface area contributed by atoms with Gasteiger partial charge in [-0.2, -0.15) is 4.31 Å². The second-order valence-corrected chi connectivity index (χ2v) is 8.90. The SMILES string of the molecule is CCN(CC)S(=O)(=O)c1ccc(CNCc2ccc(C3CC3C)o2)cc1. The van der Waals surface area contributed by atoms with E-state index in [0.29, 0.717) is 37.0 Å². The lowest BCUT2D eigenvalue weighted by molar-refractivity contribution is 0.444. The molecule has 1 aliphatic rings. The van der Waals surface area contributed by atoms with Crippen molar-refractivity contribution in [1.82, 2.24) is 9.62 Å². The van der Waals surface area contributed by atoms with Gasteiger partial charge in [0.25, 0.3) is 0 Å². The summed E-state index contributed by atoms with van der Waals surface area (Å²) in [4.78, 5) is 0.346. The van der Waals surface area contributed by atoms with Gasteiger partial charge < -0.3 is 9.73 Å². The molecule has 0 amide bonds. The minimum Gasteiger partial charge on any atom is -0.464 e. The van der Waals surface area contributed by atoms with Crippen LogP contribution in [0.25, 0.3) is 0 Å². The van der Waals surface area contributed by atoms with E-state index in [1.54, 1.807) is 12.1 Å². The lowest BCUT2D eigenvalue weighted by Gasteiger charge is -2.18. The van der Waals surface area contributed by atoms with Crippen LogP contribution in [0.15, 0.2) is 45.7 Å².